The number of nitrogens with two attached hydrogens (primary N) is 1. The lowest BCUT2D eigenvalue weighted by Crippen LogP contribution is -2.46. The van der Waals surface area contributed by atoms with Crippen LogP contribution in [0.3, 0.4) is 0 Å². The number of piperidine rings is 1. The molecule has 0 aromatic heterocycles. The van der Waals surface area contributed by atoms with Crippen LogP contribution in [0.4, 0.5) is 0 Å². The van der Waals surface area contributed by atoms with Crippen molar-refractivity contribution in [3.05, 3.63) is 0 Å². The predicted octanol–water partition coefficient (Wildman–Crippen LogP) is 2.45. The molecule has 2 saturated heterocycles. The van der Waals surface area contributed by atoms with Gasteiger partial charge in [0.2, 0.25) is 0 Å². The molecule has 0 spiro atoms. The number of nitrogens with zero attached hydrogens (tertiary/aromatic N) is 2. The van der Waals surface area contributed by atoms with Crippen molar-refractivity contribution in [2.24, 2.45) is 5.73 Å². The first-order valence-electron chi connectivity index (χ1n) is 8.48. The molecule has 0 radical (unpaired) electrons. The summed E-state index contributed by atoms with van der Waals surface area (Å²) < 4.78 is 0. The maximum absolute atomic E-state index is 6.01. The van der Waals surface area contributed by atoms with Gasteiger partial charge in [0.25, 0.3) is 0 Å². The van der Waals surface area contributed by atoms with E-state index < -0.39 is 0 Å². The minimum atomic E-state index is 0.460. The molecule has 2 atom stereocenters. The van der Waals surface area contributed by atoms with Crippen molar-refractivity contribution in [1.29, 1.82) is 0 Å². The van der Waals surface area contributed by atoms with Crippen molar-refractivity contribution in [2.75, 3.05) is 26.2 Å². The average Bonchev–Trinajstić information content (AvgIpc) is 2.90. The SMILES string of the molecule is CCCCC(CC)N1CCC(N2CCC(N)CC2)C1. The Morgan fingerprint density at radius 3 is 2.47 bits per heavy atom. The summed E-state index contributed by atoms with van der Waals surface area (Å²) in [5.41, 5.74) is 6.01. The van der Waals surface area contributed by atoms with Crippen LogP contribution >= 0.6 is 0 Å². The molecule has 2 rings (SSSR count). The number of rotatable bonds is 6. The van der Waals surface area contributed by atoms with E-state index in [1.54, 1.807) is 0 Å². The van der Waals surface area contributed by atoms with E-state index in [2.05, 4.69) is 23.6 Å². The molecular weight excluding hydrogens is 234 g/mol. The molecule has 2 aliphatic heterocycles. The van der Waals surface area contributed by atoms with E-state index in [1.165, 1.54) is 71.1 Å². The zero-order valence-corrected chi connectivity index (χ0v) is 13.0. The topological polar surface area (TPSA) is 32.5 Å². The van der Waals surface area contributed by atoms with E-state index >= 15 is 0 Å². The van der Waals surface area contributed by atoms with Gasteiger partial charge in [0.1, 0.15) is 0 Å². The Kier molecular flexibility index (Phi) is 6.11. The summed E-state index contributed by atoms with van der Waals surface area (Å²) >= 11 is 0. The van der Waals surface area contributed by atoms with Crippen LogP contribution in [0.2, 0.25) is 0 Å². The summed E-state index contributed by atoms with van der Waals surface area (Å²) in [5.74, 6) is 0. The number of unbranched alkanes of at least 4 members (excludes halogenated alkanes) is 1. The molecule has 2 heterocycles. The Morgan fingerprint density at radius 2 is 1.84 bits per heavy atom. The highest BCUT2D eigenvalue weighted by Gasteiger charge is 2.32. The molecule has 2 N–H and O–H groups in total. The average molecular weight is 267 g/mol. The first kappa shape index (κ1) is 15.3. The molecule has 2 unspecified atom stereocenters. The highest BCUT2D eigenvalue weighted by molar-refractivity contribution is 4.89. The molecule has 0 amide bonds. The van der Waals surface area contributed by atoms with Crippen LogP contribution in [0.25, 0.3) is 0 Å². The van der Waals surface area contributed by atoms with Gasteiger partial charge in [-0.3, -0.25) is 9.80 Å². The molecule has 3 heteroatoms. The van der Waals surface area contributed by atoms with Gasteiger partial charge in [-0.25, -0.2) is 0 Å². The van der Waals surface area contributed by atoms with Crippen molar-refractivity contribution in [3.63, 3.8) is 0 Å². The lowest BCUT2D eigenvalue weighted by Gasteiger charge is -2.35. The van der Waals surface area contributed by atoms with Crippen molar-refractivity contribution < 1.29 is 0 Å². The van der Waals surface area contributed by atoms with Crippen LogP contribution in [0.1, 0.15) is 58.8 Å². The Morgan fingerprint density at radius 1 is 1.11 bits per heavy atom. The Balaban J connectivity index is 1.78. The number of likely N-dealkylation sites (tertiary alicyclic amines) is 2. The van der Waals surface area contributed by atoms with Crippen LogP contribution in [0, 0.1) is 0 Å². The Labute approximate surface area is 119 Å². The van der Waals surface area contributed by atoms with Crippen molar-refractivity contribution >= 4 is 0 Å². The molecule has 0 aromatic rings. The van der Waals surface area contributed by atoms with Gasteiger partial charge in [0.15, 0.2) is 0 Å². The van der Waals surface area contributed by atoms with Gasteiger partial charge in [-0.2, -0.15) is 0 Å². The second kappa shape index (κ2) is 7.61. The van der Waals surface area contributed by atoms with Crippen molar-refractivity contribution in [1.82, 2.24) is 9.80 Å². The lowest BCUT2D eigenvalue weighted by atomic mass is 10.0. The minimum Gasteiger partial charge on any atom is -0.328 e. The fourth-order valence-electron chi connectivity index (χ4n) is 3.77. The summed E-state index contributed by atoms with van der Waals surface area (Å²) in [6.45, 7) is 9.73. The van der Waals surface area contributed by atoms with Crippen LogP contribution in [-0.2, 0) is 0 Å². The van der Waals surface area contributed by atoms with Crippen LogP contribution in [0.5, 0.6) is 0 Å². The molecule has 112 valence electrons. The van der Waals surface area contributed by atoms with Gasteiger partial charge in [-0.05, 0) is 45.2 Å². The molecule has 0 aromatic carbocycles. The van der Waals surface area contributed by atoms with Gasteiger partial charge >= 0.3 is 0 Å². The first-order valence-corrected chi connectivity index (χ1v) is 8.48. The van der Waals surface area contributed by atoms with Gasteiger partial charge < -0.3 is 5.73 Å². The zero-order valence-electron chi connectivity index (χ0n) is 13.0. The summed E-state index contributed by atoms with van der Waals surface area (Å²) in [4.78, 5) is 5.46. The van der Waals surface area contributed by atoms with E-state index in [4.69, 9.17) is 5.73 Å². The van der Waals surface area contributed by atoms with E-state index in [-0.39, 0.29) is 0 Å². The third-order valence-electron chi connectivity index (χ3n) is 5.16. The van der Waals surface area contributed by atoms with E-state index in [1.807, 2.05) is 0 Å². The number of hydrogen-bond donors (Lipinski definition) is 1. The quantitative estimate of drug-likeness (QED) is 0.802. The third kappa shape index (κ3) is 4.17. The molecule has 0 aliphatic carbocycles. The largest absolute Gasteiger partial charge is 0.328 e. The second-order valence-electron chi connectivity index (χ2n) is 6.52. The standard InChI is InChI=1S/C16H33N3/c1-3-5-6-15(4-2)19-12-9-16(13-19)18-10-7-14(17)8-11-18/h14-16H,3-13,17H2,1-2H3. The van der Waals surface area contributed by atoms with Crippen molar-refractivity contribution in [2.45, 2.75) is 76.9 Å². The molecule has 2 aliphatic rings. The van der Waals surface area contributed by atoms with E-state index in [9.17, 15) is 0 Å². The molecule has 2 fully saturated rings. The molecular formula is C16H33N3. The van der Waals surface area contributed by atoms with Gasteiger partial charge in [0, 0.05) is 31.2 Å². The molecule has 0 saturated carbocycles. The number of hydrogen-bond acceptors (Lipinski definition) is 3. The first-order chi connectivity index (χ1) is 9.24. The third-order valence-corrected chi connectivity index (χ3v) is 5.16. The monoisotopic (exact) mass is 267 g/mol. The molecule has 0 bridgehead atoms. The van der Waals surface area contributed by atoms with E-state index in [0.29, 0.717) is 6.04 Å². The Hall–Kier alpha value is -0.120. The van der Waals surface area contributed by atoms with Gasteiger partial charge in [0.05, 0.1) is 0 Å². The van der Waals surface area contributed by atoms with Crippen molar-refractivity contribution in [3.8, 4) is 0 Å². The summed E-state index contributed by atoms with van der Waals surface area (Å²) in [5, 5.41) is 0. The normalized spacial score (nSPS) is 28.9. The fourth-order valence-corrected chi connectivity index (χ4v) is 3.77. The lowest BCUT2D eigenvalue weighted by molar-refractivity contribution is 0.140. The second-order valence-corrected chi connectivity index (χ2v) is 6.52. The maximum atomic E-state index is 6.01. The highest BCUT2D eigenvalue weighted by Crippen LogP contribution is 2.24. The summed E-state index contributed by atoms with van der Waals surface area (Å²) in [6.07, 6.45) is 9.20. The van der Waals surface area contributed by atoms with E-state index in [0.717, 1.165) is 12.1 Å². The molecule has 3 nitrogen and oxygen atoms in total. The minimum absolute atomic E-state index is 0.460. The zero-order chi connectivity index (χ0) is 13.7. The smallest absolute Gasteiger partial charge is 0.0235 e. The fraction of sp³-hybridized carbons (Fsp3) is 1.00. The molecule has 19 heavy (non-hydrogen) atoms. The highest BCUT2D eigenvalue weighted by atomic mass is 15.3. The van der Waals surface area contributed by atoms with Crippen LogP contribution in [0.15, 0.2) is 0 Å². The summed E-state index contributed by atoms with van der Waals surface area (Å²) in [6, 6.07) is 2.10. The van der Waals surface area contributed by atoms with Crippen LogP contribution < -0.4 is 5.73 Å². The maximum Gasteiger partial charge on any atom is 0.0235 e. The Bertz CT molecular complexity index is 238. The van der Waals surface area contributed by atoms with Gasteiger partial charge in [-0.1, -0.05) is 26.7 Å². The predicted molar refractivity (Wildman–Crippen MR) is 82.4 cm³/mol. The van der Waals surface area contributed by atoms with Crippen LogP contribution in [-0.4, -0.2) is 54.1 Å². The summed E-state index contributed by atoms with van der Waals surface area (Å²) in [7, 11) is 0. The van der Waals surface area contributed by atoms with Gasteiger partial charge in [-0.15, -0.1) is 0 Å².